The van der Waals surface area contributed by atoms with E-state index in [-0.39, 0.29) is 31.0 Å². The second-order valence-electron chi connectivity index (χ2n) is 6.54. The molecule has 1 heterocycles. The molecule has 0 radical (unpaired) electrons. The molecule has 27 heavy (non-hydrogen) atoms. The molecule has 0 atom stereocenters. The minimum Gasteiger partial charge on any atom is -0.396 e. The first kappa shape index (κ1) is 21.1. The zero-order chi connectivity index (χ0) is 20.0. The summed E-state index contributed by atoms with van der Waals surface area (Å²) in [4.78, 5) is 31.9. The van der Waals surface area contributed by atoms with Gasteiger partial charge in [-0.3, -0.25) is 14.2 Å². The van der Waals surface area contributed by atoms with Gasteiger partial charge in [-0.15, -0.1) is 0 Å². The highest BCUT2D eigenvalue weighted by molar-refractivity contribution is 6.30. The Morgan fingerprint density at radius 3 is 2.56 bits per heavy atom. The van der Waals surface area contributed by atoms with E-state index in [2.05, 4.69) is 11.9 Å². The molecule has 0 saturated heterocycles. The monoisotopic (exact) mass is 391 g/mol. The van der Waals surface area contributed by atoms with E-state index < -0.39 is 0 Å². The van der Waals surface area contributed by atoms with Crippen molar-refractivity contribution < 1.29 is 9.90 Å². The average molecular weight is 392 g/mol. The van der Waals surface area contributed by atoms with Crippen molar-refractivity contribution in [3.05, 3.63) is 50.9 Å². The Bertz CT molecular complexity index is 847. The van der Waals surface area contributed by atoms with Crippen molar-refractivity contribution in [3.63, 3.8) is 0 Å². The van der Waals surface area contributed by atoms with E-state index in [9.17, 15) is 14.7 Å². The molecule has 7 heteroatoms. The molecule has 0 bridgehead atoms. The number of carbonyl (C=O) groups excluding carboxylic acids is 1. The van der Waals surface area contributed by atoms with Gasteiger partial charge in [-0.25, -0.2) is 4.98 Å². The van der Waals surface area contributed by atoms with Gasteiger partial charge in [0.2, 0.25) is 5.91 Å². The van der Waals surface area contributed by atoms with Gasteiger partial charge in [0.05, 0.1) is 0 Å². The van der Waals surface area contributed by atoms with Crippen LogP contribution in [0.2, 0.25) is 5.02 Å². The largest absolute Gasteiger partial charge is 0.396 e. The second-order valence-corrected chi connectivity index (χ2v) is 6.98. The quantitative estimate of drug-likeness (QED) is 0.750. The molecule has 1 N–H and O–H groups in total. The molecular weight excluding hydrogens is 366 g/mol. The van der Waals surface area contributed by atoms with Crippen molar-refractivity contribution in [2.45, 2.75) is 39.7 Å². The molecule has 0 saturated carbocycles. The molecule has 0 aliphatic heterocycles. The van der Waals surface area contributed by atoms with Gasteiger partial charge in [0, 0.05) is 48.5 Å². The number of aliphatic hydroxyl groups excluding tert-OH is 1. The summed E-state index contributed by atoms with van der Waals surface area (Å²) in [6.07, 6.45) is 2.10. The Morgan fingerprint density at radius 1 is 1.30 bits per heavy atom. The summed E-state index contributed by atoms with van der Waals surface area (Å²) in [5, 5.41) is 9.86. The number of carbonyl (C=O) groups is 1. The number of benzene rings is 1. The van der Waals surface area contributed by atoms with Gasteiger partial charge in [-0.05, 0) is 37.6 Å². The molecular formula is C20H26ClN3O3. The number of aliphatic hydroxyl groups is 1. The molecule has 146 valence electrons. The van der Waals surface area contributed by atoms with Crippen LogP contribution in [0.3, 0.4) is 0 Å². The first-order chi connectivity index (χ1) is 12.9. The van der Waals surface area contributed by atoms with Gasteiger partial charge in [-0.2, -0.15) is 0 Å². The van der Waals surface area contributed by atoms with Crippen LogP contribution in [0.15, 0.2) is 29.1 Å². The zero-order valence-corrected chi connectivity index (χ0v) is 16.8. The number of rotatable bonds is 8. The summed E-state index contributed by atoms with van der Waals surface area (Å²) in [5.41, 5.74) is 1.40. The van der Waals surface area contributed by atoms with Crippen LogP contribution in [0.25, 0.3) is 11.4 Å². The summed E-state index contributed by atoms with van der Waals surface area (Å²) in [7, 11) is 1.74. The van der Waals surface area contributed by atoms with Crippen molar-refractivity contribution in [3.8, 4) is 11.4 Å². The maximum atomic E-state index is 13.0. The molecule has 0 fully saturated rings. The average Bonchev–Trinajstić information content (AvgIpc) is 2.65. The van der Waals surface area contributed by atoms with Crippen LogP contribution in [-0.4, -0.2) is 45.7 Å². The number of halogens is 1. The Balaban J connectivity index is 2.51. The van der Waals surface area contributed by atoms with Crippen molar-refractivity contribution in [1.82, 2.24) is 14.5 Å². The second kappa shape index (κ2) is 9.67. The lowest BCUT2D eigenvalue weighted by Crippen LogP contribution is -2.37. The summed E-state index contributed by atoms with van der Waals surface area (Å²) < 4.78 is 1.39. The van der Waals surface area contributed by atoms with E-state index in [1.54, 1.807) is 43.1 Å². The number of aryl methyl sites for hydroxylation is 1. The van der Waals surface area contributed by atoms with Crippen LogP contribution >= 0.6 is 11.6 Å². The highest BCUT2D eigenvalue weighted by Gasteiger charge is 2.19. The Hall–Kier alpha value is -2.18. The fourth-order valence-corrected chi connectivity index (χ4v) is 2.97. The molecule has 1 aromatic heterocycles. The third-order valence-corrected chi connectivity index (χ3v) is 4.75. The molecule has 1 aromatic carbocycles. The smallest absolute Gasteiger partial charge is 0.257 e. The molecule has 0 spiro atoms. The van der Waals surface area contributed by atoms with Gasteiger partial charge in [0.1, 0.15) is 12.4 Å². The van der Waals surface area contributed by atoms with Crippen LogP contribution in [0, 0.1) is 6.92 Å². The fraction of sp³-hybridized carbons (Fsp3) is 0.450. The van der Waals surface area contributed by atoms with Gasteiger partial charge in [0.25, 0.3) is 5.56 Å². The summed E-state index contributed by atoms with van der Waals surface area (Å²) in [5.74, 6) is 0.273. The zero-order valence-electron chi connectivity index (χ0n) is 16.0. The summed E-state index contributed by atoms with van der Waals surface area (Å²) in [6, 6.07) is 6.99. The Labute approximate surface area is 164 Å². The minimum absolute atomic E-state index is 0.0945. The first-order valence-corrected chi connectivity index (χ1v) is 9.47. The highest BCUT2D eigenvalue weighted by atomic mass is 35.5. The fourth-order valence-electron chi connectivity index (χ4n) is 2.84. The SMILES string of the molecule is CCCCN(C)C(=O)Cn1c(-c2ccc(Cl)cc2)nc(C)c(CCO)c1=O. The molecule has 0 aliphatic carbocycles. The predicted molar refractivity (Wildman–Crippen MR) is 107 cm³/mol. The van der Waals surface area contributed by atoms with Crippen molar-refractivity contribution >= 4 is 17.5 Å². The number of amides is 1. The molecule has 2 rings (SSSR count). The Kier molecular flexibility index (Phi) is 7.56. The van der Waals surface area contributed by atoms with Gasteiger partial charge in [0.15, 0.2) is 0 Å². The standard InChI is InChI=1S/C20H26ClN3O3/c1-4-5-11-23(3)18(26)13-24-19(15-6-8-16(21)9-7-15)22-14(2)17(10-12-25)20(24)27/h6-9,25H,4-5,10-13H2,1-3H3. The molecule has 0 unspecified atom stereocenters. The van der Waals surface area contributed by atoms with Gasteiger partial charge in [-0.1, -0.05) is 24.9 Å². The van der Waals surface area contributed by atoms with Crippen molar-refractivity contribution in [2.24, 2.45) is 0 Å². The van der Waals surface area contributed by atoms with E-state index in [1.807, 2.05) is 0 Å². The number of hydrogen-bond donors (Lipinski definition) is 1. The highest BCUT2D eigenvalue weighted by Crippen LogP contribution is 2.20. The lowest BCUT2D eigenvalue weighted by atomic mass is 10.1. The molecule has 6 nitrogen and oxygen atoms in total. The first-order valence-electron chi connectivity index (χ1n) is 9.10. The molecule has 1 amide bonds. The normalized spacial score (nSPS) is 10.9. The van der Waals surface area contributed by atoms with Crippen LogP contribution in [0.4, 0.5) is 0 Å². The lowest BCUT2D eigenvalue weighted by Gasteiger charge is -2.20. The van der Waals surface area contributed by atoms with E-state index in [1.165, 1.54) is 4.57 Å². The van der Waals surface area contributed by atoms with Crippen molar-refractivity contribution in [2.75, 3.05) is 20.2 Å². The van der Waals surface area contributed by atoms with Crippen LogP contribution in [0.1, 0.15) is 31.0 Å². The topological polar surface area (TPSA) is 75.4 Å². The maximum absolute atomic E-state index is 13.0. The number of aromatic nitrogens is 2. The van der Waals surface area contributed by atoms with E-state index in [0.29, 0.717) is 34.2 Å². The minimum atomic E-state index is -0.293. The van der Waals surface area contributed by atoms with Gasteiger partial charge >= 0.3 is 0 Å². The number of hydrogen-bond acceptors (Lipinski definition) is 4. The van der Waals surface area contributed by atoms with Crippen molar-refractivity contribution in [1.29, 1.82) is 0 Å². The number of unbranched alkanes of at least 4 members (excludes halogenated alkanes) is 1. The lowest BCUT2D eigenvalue weighted by molar-refractivity contribution is -0.130. The number of likely N-dealkylation sites (N-methyl/N-ethyl adjacent to an activating group) is 1. The number of nitrogens with zero attached hydrogens (tertiary/aromatic N) is 3. The van der Waals surface area contributed by atoms with Crippen LogP contribution in [-0.2, 0) is 17.8 Å². The molecule has 0 aliphatic rings. The maximum Gasteiger partial charge on any atom is 0.257 e. The third-order valence-electron chi connectivity index (χ3n) is 4.50. The summed E-state index contributed by atoms with van der Waals surface area (Å²) >= 11 is 5.96. The van der Waals surface area contributed by atoms with Crippen LogP contribution < -0.4 is 5.56 Å². The van der Waals surface area contributed by atoms with Gasteiger partial charge < -0.3 is 10.0 Å². The third kappa shape index (κ3) is 5.17. The summed E-state index contributed by atoms with van der Waals surface area (Å²) in [6.45, 7) is 4.20. The van der Waals surface area contributed by atoms with E-state index in [4.69, 9.17) is 11.6 Å². The van der Waals surface area contributed by atoms with E-state index in [0.717, 1.165) is 12.8 Å². The predicted octanol–water partition coefficient (Wildman–Crippen LogP) is 2.67. The van der Waals surface area contributed by atoms with E-state index >= 15 is 0 Å². The molecule has 2 aromatic rings. The van der Waals surface area contributed by atoms with Crippen LogP contribution in [0.5, 0.6) is 0 Å². The Morgan fingerprint density at radius 2 is 1.96 bits per heavy atom.